The smallest absolute Gasteiger partial charge is 0.0234 e. The molecule has 1 atom stereocenters. The van der Waals surface area contributed by atoms with Gasteiger partial charge in [0.15, 0.2) is 5.78 Å². The van der Waals surface area contributed by atoms with Gasteiger partial charge in [0, 0.05) is 64.5 Å². The number of nitrogens with zero attached hydrogens (tertiary/aromatic N) is 3. The van der Waals surface area contributed by atoms with Crippen LogP contribution in [0.15, 0.2) is 114 Å². The van der Waals surface area contributed by atoms with E-state index in [0.29, 0.717) is 5.57 Å². The van der Waals surface area contributed by atoms with Crippen LogP contribution >= 0.6 is 0 Å². The molecule has 1 heterocycles. The fourth-order valence-corrected chi connectivity index (χ4v) is 5.92. The molecule has 1 saturated heterocycles. The van der Waals surface area contributed by atoms with Gasteiger partial charge in [-0.3, -0.25) is 19.5 Å². The third-order valence-corrected chi connectivity index (χ3v) is 8.79. The van der Waals surface area contributed by atoms with Crippen molar-refractivity contribution in [2.24, 2.45) is 10.8 Å². The number of halogens is 6. The zero-order valence-corrected chi connectivity index (χ0v) is 35.5. The molecule has 1 fully saturated rings. The first-order valence-corrected chi connectivity index (χ1v) is 23.6. The molecule has 0 bridgehead atoms. The number of rotatable bonds is 6. The molecule has 1 N–H and O–H groups in total. The number of ketones is 1. The third-order valence-electron chi connectivity index (χ3n) is 8.79. The Morgan fingerprint density at radius 2 is 0.852 bits per heavy atom. The number of aliphatic hydroxyl groups is 1. The Morgan fingerprint density at radius 1 is 0.574 bits per heavy atom. The van der Waals surface area contributed by atoms with Crippen molar-refractivity contribution in [2.75, 3.05) is 39.3 Å². The van der Waals surface area contributed by atoms with Crippen LogP contribution in [-0.2, 0) is 41.5 Å². The van der Waals surface area contributed by atoms with Gasteiger partial charge in [-0.05, 0) is 39.2 Å². The summed E-state index contributed by atoms with van der Waals surface area (Å²) >= 11 is -11.2. The van der Waals surface area contributed by atoms with E-state index in [2.05, 4.69) is 126 Å². The van der Waals surface area contributed by atoms with E-state index in [0.717, 1.165) is 64.5 Å². The van der Waals surface area contributed by atoms with Gasteiger partial charge in [-0.2, -0.15) is 0 Å². The van der Waals surface area contributed by atoms with E-state index < -0.39 is 25.6 Å². The molecule has 0 spiro atoms. The Hall–Kier alpha value is -2.43. The molecule has 304 valence electrons. The summed E-state index contributed by atoms with van der Waals surface area (Å²) < 4.78 is 59.6. The number of aliphatic hydroxyl groups excluding tert-OH is 1. The maximum atomic E-state index is 11.9. The molecule has 54 heavy (non-hydrogen) atoms. The van der Waals surface area contributed by atoms with Gasteiger partial charge in [0.05, 0.1) is 0 Å². The van der Waals surface area contributed by atoms with Crippen molar-refractivity contribution in [2.45, 2.75) is 67.3 Å². The summed E-state index contributed by atoms with van der Waals surface area (Å²) in [7, 11) is 0. The van der Waals surface area contributed by atoms with E-state index in [-0.39, 0.29) is 33.7 Å². The van der Waals surface area contributed by atoms with Crippen molar-refractivity contribution in [3.05, 3.63) is 131 Å². The van der Waals surface area contributed by atoms with Crippen molar-refractivity contribution in [3.63, 3.8) is 0 Å². The molecular formula is C41H55CuF6N3O2Sb. The summed E-state index contributed by atoms with van der Waals surface area (Å²) in [5, 5.41) is 9.78. The average Bonchev–Trinajstić information content (AvgIpc) is 3.13. The summed E-state index contributed by atoms with van der Waals surface area (Å²) in [6, 6.07) is 32.7. The number of Topliss-reactive ketones (excluding diaryl/α,β-unsaturated/α-hetero) is 1. The van der Waals surface area contributed by atoms with Gasteiger partial charge < -0.3 is 5.11 Å². The second-order valence-electron chi connectivity index (χ2n) is 15.7. The molecule has 3 aromatic rings. The molecule has 5 nitrogen and oxygen atoms in total. The first kappa shape index (κ1) is 47.7. The van der Waals surface area contributed by atoms with Gasteiger partial charge in [-0.25, -0.2) is 0 Å². The van der Waals surface area contributed by atoms with Crippen LogP contribution in [0.1, 0.15) is 58.2 Å². The third kappa shape index (κ3) is 19.9. The number of hydrogen-bond acceptors (Lipinski definition) is 5. The first-order valence-electron chi connectivity index (χ1n) is 17.9. The number of hydrogen-bond donors (Lipinski definition) is 1. The Labute approximate surface area is 330 Å². The van der Waals surface area contributed by atoms with Crippen molar-refractivity contribution in [1.82, 2.24) is 14.7 Å². The van der Waals surface area contributed by atoms with Crippen molar-refractivity contribution >= 4 is 25.3 Å². The van der Waals surface area contributed by atoms with Gasteiger partial charge in [0.25, 0.3) is 0 Å². The van der Waals surface area contributed by atoms with Gasteiger partial charge in [-0.1, -0.05) is 139 Å². The molecule has 0 saturated carbocycles. The first-order chi connectivity index (χ1) is 24.3. The molecule has 1 aliphatic heterocycles. The zero-order chi connectivity index (χ0) is 39.6. The largest absolute Gasteiger partial charge is 0.297 e. The predicted octanol–water partition coefficient (Wildman–Crippen LogP) is 9.52. The minimum atomic E-state index is -11.2. The number of allylic oxidation sites excluding steroid dienone is 2. The van der Waals surface area contributed by atoms with E-state index >= 15 is 0 Å². The Morgan fingerprint density at radius 3 is 1.09 bits per heavy atom. The normalized spacial score (nSPS) is 19.4. The standard InChI is InChI=1S/C27H33N3.C14H22O2.Cu.6FH.Sb/c1-4-10-25(11-5-1)22-28-16-18-29(23-26-12-6-2-7-13-26)20-21-30(19-17-28)24-27-14-8-3-9-15-27;1-13(2,3)9-7-10(14(4,5)6)12(16)11(15)8-9;;;;;;;;/h1-15H,16-24H2;7-8,11,15H,1-6H3;;6*1H;/q;;+1;;;;;;;+5/p-6. The van der Waals surface area contributed by atoms with Crippen LogP contribution in [0.2, 0.25) is 0 Å². The van der Waals surface area contributed by atoms with Gasteiger partial charge in [0.2, 0.25) is 0 Å². The molecule has 0 aromatic heterocycles. The van der Waals surface area contributed by atoms with Crippen LogP contribution in [-0.4, -0.2) is 90.4 Å². The van der Waals surface area contributed by atoms with E-state index in [1.54, 1.807) is 6.08 Å². The summed E-state index contributed by atoms with van der Waals surface area (Å²) in [6.07, 6.45) is 2.63. The summed E-state index contributed by atoms with van der Waals surface area (Å²) in [6.45, 7) is 22.0. The number of carbonyl (C=O) groups is 1. The maximum Gasteiger partial charge on any atom is 0.0234 e. The number of benzene rings is 3. The second kappa shape index (κ2) is 19.1. The van der Waals surface area contributed by atoms with E-state index in [9.17, 15) is 26.8 Å². The molecule has 0 radical (unpaired) electrons. The monoisotopic (exact) mass is 919 g/mol. The molecular weight excluding hydrogens is 866 g/mol. The Kier molecular flexibility index (Phi) is 16.9. The zero-order valence-electron chi connectivity index (χ0n) is 32.0. The minimum absolute atomic E-state index is 0. The molecule has 0 amide bonds. The van der Waals surface area contributed by atoms with Crippen LogP contribution in [0.25, 0.3) is 0 Å². The molecule has 2 aliphatic rings. The molecule has 3 aromatic carbocycles. The summed E-state index contributed by atoms with van der Waals surface area (Å²) in [5.41, 5.74) is 5.70. The van der Waals surface area contributed by atoms with Gasteiger partial charge in [-0.15, -0.1) is 0 Å². The van der Waals surface area contributed by atoms with E-state index in [1.807, 2.05) is 26.8 Å². The fraction of sp³-hybridized carbons (Fsp3) is 0.439. The van der Waals surface area contributed by atoms with Crippen molar-refractivity contribution < 1.29 is 43.8 Å². The predicted molar refractivity (Wildman–Crippen MR) is 204 cm³/mol. The Balaban J connectivity index is 0.000000353. The summed E-state index contributed by atoms with van der Waals surface area (Å²) in [4.78, 5) is 19.7. The van der Waals surface area contributed by atoms with Gasteiger partial charge in [0.1, 0.15) is 6.10 Å². The number of carbonyl (C=O) groups excluding carboxylic acids is 1. The molecule has 1 aliphatic carbocycles. The Bertz CT molecular complexity index is 1520. The van der Waals surface area contributed by atoms with Crippen LogP contribution in [0.5, 0.6) is 0 Å². The van der Waals surface area contributed by atoms with E-state index in [1.165, 1.54) is 16.7 Å². The molecule has 5 rings (SSSR count). The fourth-order valence-electron chi connectivity index (χ4n) is 5.92. The van der Waals surface area contributed by atoms with Crippen LogP contribution in [0, 0.1) is 10.8 Å². The van der Waals surface area contributed by atoms with Crippen LogP contribution in [0.4, 0.5) is 16.9 Å². The SMILES string of the molecule is CC(C)(C)C1=CC(O)C(=O)C(C(C)(C)C)=C1.[Cu+].[F][Sb-]([F])([F])([F])([F])[F].c1ccc(CN2CCN(Cc3ccccc3)CCN(Cc3ccccc3)CC2)cc1. The second-order valence-corrected chi connectivity index (χ2v) is 21.2. The summed E-state index contributed by atoms with van der Waals surface area (Å²) in [5.74, 6) is -0.166. The van der Waals surface area contributed by atoms with Crippen LogP contribution < -0.4 is 0 Å². The average molecular weight is 921 g/mol. The maximum absolute atomic E-state index is 11.9. The molecule has 1 unspecified atom stereocenters. The molecule has 13 heteroatoms. The van der Waals surface area contributed by atoms with Gasteiger partial charge >= 0.3 is 53.4 Å². The quantitative estimate of drug-likeness (QED) is 0.197. The minimum Gasteiger partial charge on any atom is -0.297 e. The topological polar surface area (TPSA) is 47.0 Å². The van der Waals surface area contributed by atoms with E-state index in [4.69, 9.17) is 0 Å². The van der Waals surface area contributed by atoms with Crippen LogP contribution in [0.3, 0.4) is 0 Å². The van der Waals surface area contributed by atoms with Crippen molar-refractivity contribution in [1.29, 1.82) is 0 Å². The van der Waals surface area contributed by atoms with Crippen molar-refractivity contribution in [3.8, 4) is 0 Å².